The maximum Gasteiger partial charge on any atom is 0.181 e. The maximum atomic E-state index is 12.0. The Morgan fingerprint density at radius 1 is 1.00 bits per heavy atom. The average molecular weight is 253 g/mol. The number of carbonyl (C=O) groups excluding carboxylic acids is 1. The molecule has 0 aliphatic rings. The van der Waals surface area contributed by atoms with Crippen LogP contribution in [0.2, 0.25) is 0 Å². The highest BCUT2D eigenvalue weighted by Gasteiger charge is 2.06. The van der Waals surface area contributed by atoms with Gasteiger partial charge in [0.15, 0.2) is 5.78 Å². The molecule has 1 N–H and O–H groups in total. The number of Topliss-reactive ketones (excluding diaryl/α,β-unsaturated/α-hetero) is 1. The third-order valence-electron chi connectivity index (χ3n) is 3.13. The third-order valence-corrected chi connectivity index (χ3v) is 3.13. The first-order valence-electron chi connectivity index (χ1n) is 6.59. The minimum atomic E-state index is 0.110. The zero-order valence-electron chi connectivity index (χ0n) is 11.4. The van der Waals surface area contributed by atoms with Crippen LogP contribution in [0, 0.1) is 0 Å². The van der Waals surface area contributed by atoms with E-state index in [1.54, 1.807) is 0 Å². The number of anilines is 1. The van der Waals surface area contributed by atoms with Gasteiger partial charge in [-0.15, -0.1) is 0 Å². The highest BCUT2D eigenvalue weighted by molar-refractivity contribution is 5.98. The second-order valence-corrected chi connectivity index (χ2v) is 4.92. The molecule has 0 bridgehead atoms. The molecule has 0 saturated carbocycles. The van der Waals surface area contributed by atoms with Crippen molar-refractivity contribution < 1.29 is 4.79 Å². The van der Waals surface area contributed by atoms with Gasteiger partial charge >= 0.3 is 0 Å². The van der Waals surface area contributed by atoms with Crippen molar-refractivity contribution in [1.82, 2.24) is 0 Å². The lowest BCUT2D eigenvalue weighted by atomic mass is 10.0. The Bertz CT molecular complexity index is 529. The molecule has 2 heteroatoms. The smallest absolute Gasteiger partial charge is 0.181 e. The van der Waals surface area contributed by atoms with Crippen molar-refractivity contribution in [3.8, 4) is 0 Å². The summed E-state index contributed by atoms with van der Waals surface area (Å²) in [4.78, 5) is 12.0. The largest absolute Gasteiger partial charge is 0.378 e. The molecule has 0 unspecified atom stereocenters. The lowest BCUT2D eigenvalue weighted by Gasteiger charge is -2.08. The van der Waals surface area contributed by atoms with E-state index in [1.165, 1.54) is 5.56 Å². The molecular formula is C17H19NO. The number of benzene rings is 2. The van der Waals surface area contributed by atoms with Crippen LogP contribution < -0.4 is 5.32 Å². The number of hydrogen-bond donors (Lipinski definition) is 1. The Hall–Kier alpha value is -2.09. The number of nitrogens with one attached hydrogen (secondary N) is 1. The van der Waals surface area contributed by atoms with Crippen LogP contribution in [0.15, 0.2) is 54.6 Å². The summed E-state index contributed by atoms with van der Waals surface area (Å²) in [6.45, 7) is 4.62. The van der Waals surface area contributed by atoms with Gasteiger partial charge in [0.05, 0.1) is 6.54 Å². The van der Waals surface area contributed by atoms with Crippen LogP contribution in [0.5, 0.6) is 0 Å². The van der Waals surface area contributed by atoms with Gasteiger partial charge in [-0.25, -0.2) is 0 Å². The summed E-state index contributed by atoms with van der Waals surface area (Å²) in [5, 5.41) is 3.13. The van der Waals surface area contributed by atoms with Crippen LogP contribution in [0.3, 0.4) is 0 Å². The van der Waals surface area contributed by atoms with Crippen LogP contribution in [-0.2, 0) is 0 Å². The molecule has 2 nitrogen and oxygen atoms in total. The summed E-state index contributed by atoms with van der Waals surface area (Å²) in [6.07, 6.45) is 0. The van der Waals surface area contributed by atoms with Crippen LogP contribution in [-0.4, -0.2) is 12.3 Å². The molecule has 0 aliphatic heterocycles. The quantitative estimate of drug-likeness (QED) is 0.813. The summed E-state index contributed by atoms with van der Waals surface area (Å²) in [5.41, 5.74) is 2.98. The predicted molar refractivity (Wildman–Crippen MR) is 79.8 cm³/mol. The van der Waals surface area contributed by atoms with Gasteiger partial charge in [0.25, 0.3) is 0 Å². The van der Waals surface area contributed by atoms with Gasteiger partial charge in [0.1, 0.15) is 0 Å². The van der Waals surface area contributed by atoms with Crippen LogP contribution in [0.1, 0.15) is 35.7 Å². The molecule has 0 aliphatic carbocycles. The SMILES string of the molecule is CC(C)c1ccc(C(=O)CNc2ccccc2)cc1. The monoisotopic (exact) mass is 253 g/mol. The van der Waals surface area contributed by atoms with Crippen molar-refractivity contribution in [3.63, 3.8) is 0 Å². The van der Waals surface area contributed by atoms with Gasteiger partial charge in [-0.1, -0.05) is 56.3 Å². The number of ketones is 1. The molecule has 0 saturated heterocycles. The Kier molecular flexibility index (Phi) is 4.35. The van der Waals surface area contributed by atoms with Crippen molar-refractivity contribution in [2.45, 2.75) is 19.8 Å². The second kappa shape index (κ2) is 6.19. The first-order valence-corrected chi connectivity index (χ1v) is 6.59. The molecule has 2 rings (SSSR count). The lowest BCUT2D eigenvalue weighted by Crippen LogP contribution is -2.13. The maximum absolute atomic E-state index is 12.0. The highest BCUT2D eigenvalue weighted by Crippen LogP contribution is 2.15. The molecule has 98 valence electrons. The van der Waals surface area contributed by atoms with E-state index < -0.39 is 0 Å². The Balaban J connectivity index is 1.96. The lowest BCUT2D eigenvalue weighted by molar-refractivity contribution is 0.101. The van der Waals surface area contributed by atoms with E-state index in [9.17, 15) is 4.79 Å². The number of para-hydroxylation sites is 1. The first-order chi connectivity index (χ1) is 9.16. The fourth-order valence-corrected chi connectivity index (χ4v) is 1.89. The molecule has 0 radical (unpaired) electrons. The normalized spacial score (nSPS) is 10.5. The van der Waals surface area contributed by atoms with E-state index in [0.29, 0.717) is 12.5 Å². The Labute approximate surface area is 114 Å². The summed E-state index contributed by atoms with van der Waals surface area (Å²) in [6, 6.07) is 17.6. The van der Waals surface area contributed by atoms with E-state index in [0.717, 1.165) is 11.3 Å². The molecule has 0 amide bonds. The van der Waals surface area contributed by atoms with Crippen molar-refractivity contribution >= 4 is 11.5 Å². The first kappa shape index (κ1) is 13.3. The molecule has 2 aromatic rings. The van der Waals surface area contributed by atoms with Gasteiger partial charge in [-0.2, -0.15) is 0 Å². The van der Waals surface area contributed by atoms with Crippen molar-refractivity contribution in [2.75, 3.05) is 11.9 Å². The molecule has 19 heavy (non-hydrogen) atoms. The van der Waals surface area contributed by atoms with Gasteiger partial charge in [-0.05, 0) is 23.6 Å². The van der Waals surface area contributed by atoms with Crippen LogP contribution in [0.4, 0.5) is 5.69 Å². The highest BCUT2D eigenvalue weighted by atomic mass is 16.1. The van der Waals surface area contributed by atoms with E-state index in [1.807, 2.05) is 54.6 Å². The van der Waals surface area contributed by atoms with Crippen molar-refractivity contribution in [3.05, 3.63) is 65.7 Å². The van der Waals surface area contributed by atoms with Crippen molar-refractivity contribution in [1.29, 1.82) is 0 Å². The summed E-state index contributed by atoms with van der Waals surface area (Å²) < 4.78 is 0. The fourth-order valence-electron chi connectivity index (χ4n) is 1.89. The summed E-state index contributed by atoms with van der Waals surface area (Å²) in [5.74, 6) is 0.603. The second-order valence-electron chi connectivity index (χ2n) is 4.92. The molecule has 2 aromatic carbocycles. The standard InChI is InChI=1S/C17H19NO/c1-13(2)14-8-10-15(11-9-14)17(19)12-18-16-6-4-3-5-7-16/h3-11,13,18H,12H2,1-2H3. The Morgan fingerprint density at radius 3 is 2.21 bits per heavy atom. The van der Waals surface area contributed by atoms with E-state index in [-0.39, 0.29) is 5.78 Å². The number of hydrogen-bond acceptors (Lipinski definition) is 2. The number of carbonyl (C=O) groups is 1. The Morgan fingerprint density at radius 2 is 1.63 bits per heavy atom. The summed E-state index contributed by atoms with van der Waals surface area (Å²) in [7, 11) is 0. The van der Waals surface area contributed by atoms with Crippen LogP contribution >= 0.6 is 0 Å². The topological polar surface area (TPSA) is 29.1 Å². The van der Waals surface area contributed by atoms with E-state index >= 15 is 0 Å². The zero-order valence-corrected chi connectivity index (χ0v) is 11.4. The van der Waals surface area contributed by atoms with Gasteiger partial charge < -0.3 is 5.32 Å². The number of rotatable bonds is 5. The molecule has 0 heterocycles. The third kappa shape index (κ3) is 3.68. The molecule has 0 atom stereocenters. The van der Waals surface area contributed by atoms with Gasteiger partial charge in [0, 0.05) is 11.3 Å². The van der Waals surface area contributed by atoms with E-state index in [4.69, 9.17) is 0 Å². The average Bonchev–Trinajstić information content (AvgIpc) is 2.46. The van der Waals surface area contributed by atoms with Gasteiger partial charge in [-0.3, -0.25) is 4.79 Å². The molecule has 0 spiro atoms. The van der Waals surface area contributed by atoms with Crippen LogP contribution in [0.25, 0.3) is 0 Å². The van der Waals surface area contributed by atoms with E-state index in [2.05, 4.69) is 19.2 Å². The molecule has 0 fully saturated rings. The van der Waals surface area contributed by atoms with Crippen molar-refractivity contribution in [2.24, 2.45) is 0 Å². The zero-order chi connectivity index (χ0) is 13.7. The minimum absolute atomic E-state index is 0.110. The summed E-state index contributed by atoms with van der Waals surface area (Å²) >= 11 is 0. The molecular weight excluding hydrogens is 234 g/mol. The minimum Gasteiger partial charge on any atom is -0.378 e. The predicted octanol–water partition coefficient (Wildman–Crippen LogP) is 4.10. The fraction of sp³-hybridized carbons (Fsp3) is 0.235. The molecule has 0 aromatic heterocycles. The van der Waals surface area contributed by atoms with Gasteiger partial charge in [0.2, 0.25) is 0 Å².